The average Bonchev–Trinajstić information content (AvgIpc) is 3.42. The number of nitrogens with zero attached hydrogens (tertiary/aromatic N) is 2. The summed E-state index contributed by atoms with van der Waals surface area (Å²) in [4.78, 5) is 33.8. The zero-order valence-electron chi connectivity index (χ0n) is 17.2. The molecule has 1 unspecified atom stereocenters. The van der Waals surface area contributed by atoms with Gasteiger partial charge in [0, 0.05) is 4.88 Å². The maximum atomic E-state index is 13.3. The summed E-state index contributed by atoms with van der Waals surface area (Å²) < 4.78 is 0. The zero-order chi connectivity index (χ0) is 21.6. The van der Waals surface area contributed by atoms with Gasteiger partial charge in [-0.3, -0.25) is 14.5 Å². The molecular formula is C23H22N2O3S2. The van der Waals surface area contributed by atoms with Crippen LogP contribution in [0.1, 0.15) is 57.2 Å². The van der Waals surface area contributed by atoms with E-state index < -0.39 is 17.7 Å². The van der Waals surface area contributed by atoms with Crippen molar-refractivity contribution in [3.05, 3.63) is 79.7 Å². The SMILES string of the molecule is Cc1nc(N2C(=O)C(O)=C(C(=O)c3cccs3)C2c2ccc(C(C)C)cc2)sc1C. The van der Waals surface area contributed by atoms with E-state index in [1.807, 2.05) is 38.1 Å². The first kappa shape index (κ1) is 20.5. The number of amides is 1. The lowest BCUT2D eigenvalue weighted by atomic mass is 9.93. The first-order valence-electron chi connectivity index (χ1n) is 9.68. The third-order valence-electron chi connectivity index (χ3n) is 5.34. The van der Waals surface area contributed by atoms with E-state index in [1.165, 1.54) is 27.6 Å². The second-order valence-electron chi connectivity index (χ2n) is 7.61. The third-order valence-corrected chi connectivity index (χ3v) is 7.28. The quantitative estimate of drug-likeness (QED) is 0.517. The summed E-state index contributed by atoms with van der Waals surface area (Å²) in [6, 6.07) is 10.6. The number of aromatic nitrogens is 1. The normalized spacial score (nSPS) is 16.8. The molecule has 0 radical (unpaired) electrons. The molecule has 1 aliphatic rings. The molecule has 7 heteroatoms. The molecule has 1 aliphatic heterocycles. The Morgan fingerprint density at radius 3 is 2.40 bits per heavy atom. The van der Waals surface area contributed by atoms with Gasteiger partial charge in [0.25, 0.3) is 5.91 Å². The van der Waals surface area contributed by atoms with Gasteiger partial charge in [-0.25, -0.2) is 4.98 Å². The highest BCUT2D eigenvalue weighted by Gasteiger charge is 2.46. The summed E-state index contributed by atoms with van der Waals surface area (Å²) in [5.41, 5.74) is 2.86. The fourth-order valence-corrected chi connectivity index (χ4v) is 5.13. The smallest absolute Gasteiger partial charge is 0.296 e. The van der Waals surface area contributed by atoms with Crippen molar-refractivity contribution in [3.8, 4) is 0 Å². The number of hydrogen-bond acceptors (Lipinski definition) is 6. The lowest BCUT2D eigenvalue weighted by Gasteiger charge is -2.24. The summed E-state index contributed by atoms with van der Waals surface area (Å²) in [5.74, 6) is -1.07. The summed E-state index contributed by atoms with van der Waals surface area (Å²) in [6.45, 7) is 8.04. The fraction of sp³-hybridized carbons (Fsp3) is 0.261. The van der Waals surface area contributed by atoms with Crippen LogP contribution in [0.2, 0.25) is 0 Å². The first-order chi connectivity index (χ1) is 14.3. The highest BCUT2D eigenvalue weighted by atomic mass is 32.1. The molecule has 0 fully saturated rings. The lowest BCUT2D eigenvalue weighted by Crippen LogP contribution is -2.31. The molecule has 0 aliphatic carbocycles. The van der Waals surface area contributed by atoms with Crippen molar-refractivity contribution in [1.82, 2.24) is 4.98 Å². The Labute approximate surface area is 183 Å². The van der Waals surface area contributed by atoms with Crippen LogP contribution in [0.3, 0.4) is 0 Å². The van der Waals surface area contributed by atoms with E-state index in [0.717, 1.165) is 21.7 Å². The Hall–Kier alpha value is -2.77. The molecule has 4 rings (SSSR count). The Morgan fingerprint density at radius 1 is 1.17 bits per heavy atom. The van der Waals surface area contributed by atoms with Crippen molar-refractivity contribution in [1.29, 1.82) is 0 Å². The van der Waals surface area contributed by atoms with Crippen LogP contribution in [0.5, 0.6) is 0 Å². The molecule has 30 heavy (non-hydrogen) atoms. The van der Waals surface area contributed by atoms with Crippen LogP contribution < -0.4 is 4.90 Å². The number of carbonyl (C=O) groups is 2. The molecule has 1 atom stereocenters. The molecule has 0 saturated heterocycles. The number of aliphatic hydroxyl groups excluding tert-OH is 1. The molecular weight excluding hydrogens is 416 g/mol. The van der Waals surface area contributed by atoms with Crippen LogP contribution in [0.4, 0.5) is 5.13 Å². The van der Waals surface area contributed by atoms with Gasteiger partial charge in [-0.15, -0.1) is 22.7 Å². The maximum Gasteiger partial charge on any atom is 0.296 e. The monoisotopic (exact) mass is 438 g/mol. The van der Waals surface area contributed by atoms with E-state index in [4.69, 9.17) is 0 Å². The highest BCUT2D eigenvalue weighted by molar-refractivity contribution is 7.16. The van der Waals surface area contributed by atoms with Crippen molar-refractivity contribution < 1.29 is 14.7 Å². The van der Waals surface area contributed by atoms with Gasteiger partial charge in [-0.05, 0) is 42.3 Å². The molecule has 1 amide bonds. The van der Waals surface area contributed by atoms with E-state index >= 15 is 0 Å². The predicted octanol–water partition coefficient (Wildman–Crippen LogP) is 5.73. The molecule has 154 valence electrons. The molecule has 0 bridgehead atoms. The van der Waals surface area contributed by atoms with Gasteiger partial charge in [0.1, 0.15) is 0 Å². The van der Waals surface area contributed by atoms with Crippen LogP contribution in [0, 0.1) is 13.8 Å². The van der Waals surface area contributed by atoms with Crippen molar-refractivity contribution >= 4 is 39.5 Å². The summed E-state index contributed by atoms with van der Waals surface area (Å²) in [5, 5.41) is 13.0. The molecule has 3 heterocycles. The number of hydrogen-bond donors (Lipinski definition) is 1. The minimum atomic E-state index is -0.724. The van der Waals surface area contributed by atoms with Gasteiger partial charge in [0.2, 0.25) is 5.78 Å². The minimum absolute atomic E-state index is 0.102. The predicted molar refractivity (Wildman–Crippen MR) is 121 cm³/mol. The largest absolute Gasteiger partial charge is 0.503 e. The topological polar surface area (TPSA) is 70.5 Å². The van der Waals surface area contributed by atoms with Gasteiger partial charge in [0.05, 0.1) is 22.2 Å². The Bertz CT molecular complexity index is 1120. The van der Waals surface area contributed by atoms with Crippen molar-refractivity contribution in [3.63, 3.8) is 0 Å². The minimum Gasteiger partial charge on any atom is -0.503 e. The number of carbonyl (C=O) groups excluding carboxylic acids is 2. The van der Waals surface area contributed by atoms with E-state index in [9.17, 15) is 14.7 Å². The number of aryl methyl sites for hydroxylation is 2. The van der Waals surface area contributed by atoms with Gasteiger partial charge in [-0.1, -0.05) is 44.2 Å². The number of anilines is 1. The molecule has 1 aromatic carbocycles. The van der Waals surface area contributed by atoms with E-state index in [-0.39, 0.29) is 11.4 Å². The van der Waals surface area contributed by atoms with Crippen molar-refractivity contribution in [2.45, 2.75) is 39.7 Å². The van der Waals surface area contributed by atoms with Crippen LogP contribution in [-0.4, -0.2) is 21.8 Å². The van der Waals surface area contributed by atoms with Crippen molar-refractivity contribution in [2.75, 3.05) is 4.90 Å². The van der Waals surface area contributed by atoms with Crippen LogP contribution in [-0.2, 0) is 4.79 Å². The van der Waals surface area contributed by atoms with E-state index in [0.29, 0.717) is 15.9 Å². The number of aliphatic hydroxyl groups is 1. The maximum absolute atomic E-state index is 13.3. The van der Waals surface area contributed by atoms with Gasteiger partial charge in [-0.2, -0.15) is 0 Å². The molecule has 0 saturated carbocycles. The Kier molecular flexibility index (Phi) is 5.34. The second-order valence-corrected chi connectivity index (χ2v) is 9.74. The lowest BCUT2D eigenvalue weighted by molar-refractivity contribution is -0.117. The summed E-state index contributed by atoms with van der Waals surface area (Å²) in [6.07, 6.45) is 0. The number of ketones is 1. The van der Waals surface area contributed by atoms with Crippen LogP contribution in [0.15, 0.2) is 53.1 Å². The van der Waals surface area contributed by atoms with Gasteiger partial charge in [0.15, 0.2) is 10.9 Å². The summed E-state index contributed by atoms with van der Waals surface area (Å²) >= 11 is 2.67. The van der Waals surface area contributed by atoms with Crippen LogP contribution >= 0.6 is 22.7 Å². The molecule has 5 nitrogen and oxygen atoms in total. The number of thiophene rings is 1. The van der Waals surface area contributed by atoms with Gasteiger partial charge >= 0.3 is 0 Å². The molecule has 1 N–H and O–H groups in total. The Morgan fingerprint density at radius 2 is 1.87 bits per heavy atom. The average molecular weight is 439 g/mol. The third kappa shape index (κ3) is 3.38. The van der Waals surface area contributed by atoms with Gasteiger partial charge < -0.3 is 5.11 Å². The number of Topliss-reactive ketones (excluding diaryl/α,β-unsaturated/α-hetero) is 1. The fourth-order valence-electron chi connectivity index (χ4n) is 3.51. The number of thiazole rings is 1. The first-order valence-corrected chi connectivity index (χ1v) is 11.4. The molecule has 2 aromatic heterocycles. The number of benzene rings is 1. The van der Waals surface area contributed by atoms with Crippen molar-refractivity contribution in [2.24, 2.45) is 0 Å². The summed E-state index contributed by atoms with van der Waals surface area (Å²) in [7, 11) is 0. The number of rotatable bonds is 5. The zero-order valence-corrected chi connectivity index (χ0v) is 18.8. The standard InChI is InChI=1S/C23H22N2O3S2/c1-12(2)15-7-9-16(10-8-15)19-18(20(26)17-6-5-11-29-17)21(27)22(28)25(19)23-24-13(3)14(4)30-23/h5-12,19,27H,1-4H3. The van der Waals surface area contributed by atoms with Crippen LogP contribution in [0.25, 0.3) is 0 Å². The highest BCUT2D eigenvalue weighted by Crippen LogP contribution is 2.44. The van der Waals surface area contributed by atoms with E-state index in [1.54, 1.807) is 17.5 Å². The Balaban J connectivity index is 1.87. The molecule has 3 aromatic rings. The second kappa shape index (κ2) is 7.81. The van der Waals surface area contributed by atoms with E-state index in [2.05, 4.69) is 18.8 Å². The molecule has 0 spiro atoms.